The molecule has 2 atom stereocenters. The molecule has 2 aliphatic rings. The summed E-state index contributed by atoms with van der Waals surface area (Å²) in [5, 5.41) is 1.43. The fourth-order valence-electron chi connectivity index (χ4n) is 3.34. The Bertz CT molecular complexity index is 531. The minimum Gasteiger partial charge on any atom is -0.305 e. The van der Waals surface area contributed by atoms with E-state index in [1.807, 2.05) is 11.3 Å². The van der Waals surface area contributed by atoms with Gasteiger partial charge in [0.05, 0.1) is 0 Å². The van der Waals surface area contributed by atoms with Crippen LogP contribution in [0.5, 0.6) is 0 Å². The van der Waals surface area contributed by atoms with Crippen LogP contribution < -0.4 is 0 Å². The van der Waals surface area contributed by atoms with E-state index < -0.39 is 0 Å². The van der Waals surface area contributed by atoms with Crippen LogP contribution in [0.3, 0.4) is 0 Å². The second kappa shape index (κ2) is 3.71. The third-order valence-corrected chi connectivity index (χ3v) is 5.57. The van der Waals surface area contributed by atoms with E-state index in [4.69, 9.17) is 0 Å². The zero-order chi connectivity index (χ0) is 10.8. The van der Waals surface area contributed by atoms with Crippen molar-refractivity contribution in [1.29, 1.82) is 0 Å². The molecule has 1 aliphatic carbocycles. The molecular weight excluding hydrogens is 250 g/mol. The van der Waals surface area contributed by atoms with E-state index >= 15 is 0 Å². The van der Waals surface area contributed by atoms with E-state index in [0.717, 1.165) is 5.92 Å². The van der Waals surface area contributed by atoms with Crippen molar-refractivity contribution in [2.45, 2.75) is 11.8 Å². The maximum Gasteiger partial charge on any atom is 0.0345 e. The van der Waals surface area contributed by atoms with Crippen molar-refractivity contribution in [3.05, 3.63) is 35.2 Å². The summed E-state index contributed by atoms with van der Waals surface area (Å²) in [6.07, 6.45) is 1.42. The van der Waals surface area contributed by atoms with E-state index in [1.54, 1.807) is 4.88 Å². The minimum atomic E-state index is 0. The monoisotopic (exact) mass is 265 g/mol. The van der Waals surface area contributed by atoms with Crippen molar-refractivity contribution in [2.24, 2.45) is 5.92 Å². The topological polar surface area (TPSA) is 3.24 Å². The van der Waals surface area contributed by atoms with Gasteiger partial charge in [-0.2, -0.15) is 0 Å². The van der Waals surface area contributed by atoms with E-state index in [9.17, 15) is 0 Å². The van der Waals surface area contributed by atoms with Crippen LogP contribution in [-0.4, -0.2) is 25.0 Å². The lowest BCUT2D eigenvalue weighted by Crippen LogP contribution is -2.21. The third-order valence-electron chi connectivity index (χ3n) is 4.23. The molecule has 1 nitrogen and oxygen atoms in total. The van der Waals surface area contributed by atoms with Crippen LogP contribution in [0.15, 0.2) is 30.3 Å². The summed E-state index contributed by atoms with van der Waals surface area (Å²) >= 11 is 2.01. The zero-order valence-corrected chi connectivity index (χ0v) is 11.5. The smallest absolute Gasteiger partial charge is 0.0345 e. The van der Waals surface area contributed by atoms with Crippen molar-refractivity contribution in [3.8, 4) is 0 Å². The number of hydrogen-bond donors (Lipinski definition) is 0. The molecule has 1 aliphatic heterocycles. The number of fused-ring (bicyclic) bond motifs is 2. The van der Waals surface area contributed by atoms with Crippen molar-refractivity contribution in [1.82, 2.24) is 4.90 Å². The fourth-order valence-corrected chi connectivity index (χ4v) is 4.68. The van der Waals surface area contributed by atoms with E-state index in [1.165, 1.54) is 29.6 Å². The first-order valence-corrected chi connectivity index (χ1v) is 6.77. The van der Waals surface area contributed by atoms with Gasteiger partial charge in [-0.25, -0.2) is 0 Å². The van der Waals surface area contributed by atoms with Crippen LogP contribution in [0.4, 0.5) is 0 Å². The molecule has 0 bridgehead atoms. The van der Waals surface area contributed by atoms with Crippen LogP contribution in [-0.2, 0) is 5.41 Å². The molecule has 90 valence electrons. The van der Waals surface area contributed by atoms with Gasteiger partial charge in [0.25, 0.3) is 0 Å². The number of nitrogens with zero attached hydrogens (tertiary/aromatic N) is 1. The first-order chi connectivity index (χ1) is 7.78. The van der Waals surface area contributed by atoms with Crippen molar-refractivity contribution < 1.29 is 0 Å². The molecule has 1 saturated carbocycles. The Morgan fingerprint density at radius 2 is 2.18 bits per heavy atom. The first-order valence-electron chi connectivity index (χ1n) is 5.95. The molecule has 2 fully saturated rings. The number of likely N-dealkylation sites (N-methyl/N-ethyl adjacent to an activating group) is 1. The Morgan fingerprint density at radius 1 is 1.35 bits per heavy atom. The second-order valence-electron chi connectivity index (χ2n) is 5.40. The Hall–Kier alpha value is -0.570. The van der Waals surface area contributed by atoms with Crippen LogP contribution >= 0.6 is 23.7 Å². The van der Waals surface area contributed by atoms with Gasteiger partial charge < -0.3 is 4.90 Å². The molecule has 0 N–H and O–H groups in total. The second-order valence-corrected chi connectivity index (χ2v) is 6.49. The number of halogens is 1. The van der Waals surface area contributed by atoms with Gasteiger partial charge in [-0.3, -0.25) is 0 Å². The first kappa shape index (κ1) is 11.5. The number of piperidine rings is 1. The van der Waals surface area contributed by atoms with Crippen molar-refractivity contribution >= 4 is 33.8 Å². The standard InChI is InChI=1S/C14H15NS.ClH/c1-15-8-11-7-14(11,9-15)13-6-10-4-2-3-5-12(10)16-13;/h2-6,11H,7-9H2,1H3;1H/t11-,14-;/m0./s1. The zero-order valence-electron chi connectivity index (χ0n) is 9.85. The Balaban J connectivity index is 0.000000902. The van der Waals surface area contributed by atoms with E-state index in [-0.39, 0.29) is 12.4 Å². The summed E-state index contributed by atoms with van der Waals surface area (Å²) in [4.78, 5) is 4.11. The largest absolute Gasteiger partial charge is 0.305 e. The highest BCUT2D eigenvalue weighted by Gasteiger charge is 2.60. The molecule has 0 radical (unpaired) electrons. The van der Waals surface area contributed by atoms with Gasteiger partial charge in [0, 0.05) is 28.1 Å². The van der Waals surface area contributed by atoms with Gasteiger partial charge >= 0.3 is 0 Å². The van der Waals surface area contributed by atoms with Crippen LogP contribution in [0.2, 0.25) is 0 Å². The van der Waals surface area contributed by atoms with Crippen molar-refractivity contribution in [2.75, 3.05) is 20.1 Å². The summed E-state index contributed by atoms with van der Waals surface area (Å²) in [6, 6.07) is 11.2. The predicted octanol–water partition coefficient (Wildman–Crippen LogP) is 3.53. The Morgan fingerprint density at radius 3 is 2.88 bits per heavy atom. The maximum absolute atomic E-state index is 2.48. The fraction of sp³-hybridized carbons (Fsp3) is 0.429. The van der Waals surface area contributed by atoms with Gasteiger partial charge in [0.1, 0.15) is 0 Å². The molecule has 2 aromatic rings. The number of likely N-dealkylation sites (tertiary alicyclic amines) is 1. The molecule has 1 saturated heterocycles. The average Bonchev–Trinajstić information content (AvgIpc) is 2.71. The Labute approximate surface area is 112 Å². The van der Waals surface area contributed by atoms with E-state index in [0.29, 0.717) is 5.41 Å². The number of benzene rings is 1. The summed E-state index contributed by atoms with van der Waals surface area (Å²) in [5.74, 6) is 0.936. The normalized spacial score (nSPS) is 31.2. The average molecular weight is 266 g/mol. The lowest BCUT2D eigenvalue weighted by atomic mass is 10.0. The summed E-state index contributed by atoms with van der Waals surface area (Å²) < 4.78 is 1.45. The van der Waals surface area contributed by atoms with Gasteiger partial charge in [0.15, 0.2) is 0 Å². The maximum atomic E-state index is 2.48. The predicted molar refractivity (Wildman–Crippen MR) is 76.4 cm³/mol. The molecule has 0 spiro atoms. The van der Waals surface area contributed by atoms with Crippen molar-refractivity contribution in [3.63, 3.8) is 0 Å². The highest BCUT2D eigenvalue weighted by atomic mass is 35.5. The molecule has 1 aromatic carbocycles. The van der Waals surface area contributed by atoms with Gasteiger partial charge in [-0.15, -0.1) is 23.7 Å². The highest BCUT2D eigenvalue weighted by molar-refractivity contribution is 7.19. The minimum absolute atomic E-state index is 0. The molecular formula is C14H16ClNS. The van der Waals surface area contributed by atoms with Crippen LogP contribution in [0.1, 0.15) is 11.3 Å². The number of thiophene rings is 1. The quantitative estimate of drug-likeness (QED) is 0.763. The SMILES string of the molecule is CN1C[C@@H]2C[C@]2(c2cc3ccccc3s2)C1.Cl. The van der Waals surface area contributed by atoms with Crippen LogP contribution in [0.25, 0.3) is 10.1 Å². The van der Waals surface area contributed by atoms with Gasteiger partial charge in [0.2, 0.25) is 0 Å². The van der Waals surface area contributed by atoms with Crippen LogP contribution in [0, 0.1) is 5.92 Å². The summed E-state index contributed by atoms with van der Waals surface area (Å²) in [6.45, 7) is 2.57. The van der Waals surface area contributed by atoms with Gasteiger partial charge in [-0.05, 0) is 36.9 Å². The highest BCUT2D eigenvalue weighted by Crippen LogP contribution is 2.60. The third kappa shape index (κ3) is 1.55. The molecule has 4 rings (SSSR count). The molecule has 0 unspecified atom stereocenters. The number of hydrogen-bond acceptors (Lipinski definition) is 2. The van der Waals surface area contributed by atoms with Gasteiger partial charge in [-0.1, -0.05) is 18.2 Å². The molecule has 0 amide bonds. The molecule has 3 heteroatoms. The lowest BCUT2D eigenvalue weighted by Gasteiger charge is -2.14. The lowest BCUT2D eigenvalue weighted by molar-refractivity contribution is 0.364. The molecule has 2 heterocycles. The molecule has 1 aromatic heterocycles. The summed E-state index contributed by atoms with van der Waals surface area (Å²) in [5.41, 5.74) is 0.540. The number of rotatable bonds is 1. The summed E-state index contributed by atoms with van der Waals surface area (Å²) in [7, 11) is 2.25. The van der Waals surface area contributed by atoms with E-state index in [2.05, 4.69) is 42.3 Å². The molecule has 17 heavy (non-hydrogen) atoms. The Kier molecular flexibility index (Phi) is 2.51.